The third-order valence-corrected chi connectivity index (χ3v) is 3.82. The topological polar surface area (TPSA) is 36.3 Å². The molecule has 3 rings (SSSR count). The van der Waals surface area contributed by atoms with E-state index in [0.717, 1.165) is 24.9 Å². The molecule has 4 unspecified atom stereocenters. The minimum absolute atomic E-state index is 0.527. The van der Waals surface area contributed by atoms with Gasteiger partial charge in [0.15, 0.2) is 0 Å². The van der Waals surface area contributed by atoms with E-state index >= 15 is 0 Å². The summed E-state index contributed by atoms with van der Waals surface area (Å²) < 4.78 is 5.86. The first kappa shape index (κ1) is 7.78. The van der Waals surface area contributed by atoms with E-state index in [-0.39, 0.29) is 0 Å². The lowest BCUT2D eigenvalue weighted by Crippen LogP contribution is -2.24. The predicted molar refractivity (Wildman–Crippen MR) is 46.9 cm³/mol. The molecule has 0 aromatic heterocycles. The largest absolute Gasteiger partial charge is 0.374 e. The van der Waals surface area contributed by atoms with Crippen LogP contribution in [-0.2, 0) is 4.74 Å². The van der Waals surface area contributed by atoms with Gasteiger partial charge in [0.2, 0.25) is 0 Å². The van der Waals surface area contributed by atoms with Gasteiger partial charge in [0.05, 0.1) is 24.8 Å². The van der Waals surface area contributed by atoms with Crippen LogP contribution in [0.1, 0.15) is 12.8 Å². The number of rotatable bonds is 1. The molecule has 3 aliphatic rings. The molecule has 0 amide bonds. The summed E-state index contributed by atoms with van der Waals surface area (Å²) in [5, 5.41) is 8.61. The van der Waals surface area contributed by atoms with E-state index in [2.05, 4.69) is 11.0 Å². The van der Waals surface area contributed by atoms with Gasteiger partial charge in [-0.25, -0.2) is 0 Å². The second-order valence-corrected chi connectivity index (χ2v) is 4.47. The zero-order chi connectivity index (χ0) is 8.84. The maximum Gasteiger partial charge on any atom is 0.0866 e. The van der Waals surface area contributed by atoms with Crippen molar-refractivity contribution in [2.24, 2.45) is 11.8 Å². The van der Waals surface area contributed by atoms with Gasteiger partial charge in [-0.05, 0) is 12.8 Å². The molecule has 0 radical (unpaired) electrons. The average molecular weight is 178 g/mol. The first-order chi connectivity index (χ1) is 6.38. The van der Waals surface area contributed by atoms with Crippen LogP contribution in [-0.4, -0.2) is 36.7 Å². The minimum Gasteiger partial charge on any atom is -0.374 e. The van der Waals surface area contributed by atoms with Gasteiger partial charge >= 0.3 is 0 Å². The summed E-state index contributed by atoms with van der Waals surface area (Å²) in [5.74, 6) is 1.49. The molecule has 0 N–H and O–H groups in total. The molecule has 3 saturated heterocycles. The molecule has 0 aliphatic carbocycles. The molecule has 4 atom stereocenters. The lowest BCUT2D eigenvalue weighted by molar-refractivity contribution is 0.0721. The van der Waals surface area contributed by atoms with E-state index in [0.29, 0.717) is 18.8 Å². The molecular weight excluding hydrogens is 164 g/mol. The average Bonchev–Trinajstić information content (AvgIpc) is 2.72. The number of hydrogen-bond acceptors (Lipinski definition) is 3. The summed E-state index contributed by atoms with van der Waals surface area (Å²) in [6.45, 7) is 2.80. The summed E-state index contributed by atoms with van der Waals surface area (Å²) in [4.78, 5) is 2.28. The van der Waals surface area contributed by atoms with Crippen LogP contribution in [0.4, 0.5) is 0 Å². The van der Waals surface area contributed by atoms with Crippen molar-refractivity contribution in [1.82, 2.24) is 4.90 Å². The molecule has 0 saturated carbocycles. The third-order valence-electron chi connectivity index (χ3n) is 3.82. The number of ether oxygens (including phenoxy) is 1. The zero-order valence-electron chi connectivity index (χ0n) is 7.65. The van der Waals surface area contributed by atoms with Gasteiger partial charge in [-0.15, -0.1) is 0 Å². The highest BCUT2D eigenvalue weighted by Crippen LogP contribution is 2.46. The molecule has 3 aliphatic heterocycles. The summed E-state index contributed by atoms with van der Waals surface area (Å²) in [5.41, 5.74) is 0. The summed E-state index contributed by atoms with van der Waals surface area (Å²) >= 11 is 0. The molecule has 0 aromatic carbocycles. The van der Waals surface area contributed by atoms with E-state index in [4.69, 9.17) is 10.00 Å². The van der Waals surface area contributed by atoms with Crippen LogP contribution in [0.15, 0.2) is 0 Å². The SMILES string of the molecule is N#CCN1CC2C3CCC(O3)C2C1. The van der Waals surface area contributed by atoms with E-state index in [1.165, 1.54) is 12.8 Å². The molecule has 3 heteroatoms. The number of nitriles is 1. The van der Waals surface area contributed by atoms with Crippen LogP contribution in [0.25, 0.3) is 0 Å². The van der Waals surface area contributed by atoms with Gasteiger partial charge < -0.3 is 4.74 Å². The Labute approximate surface area is 78.3 Å². The highest BCUT2D eigenvalue weighted by molar-refractivity contribution is 5.03. The molecule has 0 spiro atoms. The maximum absolute atomic E-state index is 8.61. The van der Waals surface area contributed by atoms with Gasteiger partial charge in [0, 0.05) is 24.9 Å². The fourth-order valence-corrected chi connectivity index (χ4v) is 3.28. The van der Waals surface area contributed by atoms with Crippen molar-refractivity contribution in [1.29, 1.82) is 5.26 Å². The van der Waals surface area contributed by atoms with E-state index in [1.807, 2.05) is 0 Å². The monoisotopic (exact) mass is 178 g/mol. The second-order valence-electron chi connectivity index (χ2n) is 4.47. The van der Waals surface area contributed by atoms with Gasteiger partial charge in [0.25, 0.3) is 0 Å². The van der Waals surface area contributed by atoms with Crippen molar-refractivity contribution in [3.63, 3.8) is 0 Å². The standard InChI is InChI=1S/C10H14N2O/c11-3-4-12-5-7-8(6-12)10-2-1-9(7)13-10/h7-10H,1-2,4-6H2. The zero-order valence-corrected chi connectivity index (χ0v) is 7.65. The maximum atomic E-state index is 8.61. The number of likely N-dealkylation sites (tertiary alicyclic amines) is 1. The fraction of sp³-hybridized carbons (Fsp3) is 0.900. The second kappa shape index (κ2) is 2.70. The highest BCUT2D eigenvalue weighted by atomic mass is 16.5. The van der Waals surface area contributed by atoms with Crippen molar-refractivity contribution in [3.8, 4) is 6.07 Å². The van der Waals surface area contributed by atoms with Crippen molar-refractivity contribution >= 4 is 0 Å². The predicted octanol–water partition coefficient (Wildman–Crippen LogP) is 0.619. The van der Waals surface area contributed by atoms with Crippen LogP contribution >= 0.6 is 0 Å². The lowest BCUT2D eigenvalue weighted by Gasteiger charge is -2.18. The Morgan fingerprint density at radius 3 is 2.38 bits per heavy atom. The normalized spacial score (nSPS) is 47.9. The van der Waals surface area contributed by atoms with Gasteiger partial charge in [-0.2, -0.15) is 5.26 Å². The summed E-state index contributed by atoms with van der Waals surface area (Å²) in [7, 11) is 0. The van der Waals surface area contributed by atoms with Crippen LogP contribution in [0.2, 0.25) is 0 Å². The molecule has 3 fully saturated rings. The van der Waals surface area contributed by atoms with Crippen molar-refractivity contribution in [2.45, 2.75) is 25.0 Å². The molecule has 13 heavy (non-hydrogen) atoms. The number of nitrogens with zero attached hydrogens (tertiary/aromatic N) is 2. The summed E-state index contributed by atoms with van der Waals surface area (Å²) in [6, 6.07) is 2.23. The van der Waals surface area contributed by atoms with Gasteiger partial charge in [-0.3, -0.25) is 4.90 Å². The van der Waals surface area contributed by atoms with E-state index in [9.17, 15) is 0 Å². The smallest absolute Gasteiger partial charge is 0.0866 e. The molecule has 70 valence electrons. The van der Waals surface area contributed by atoms with Crippen molar-refractivity contribution in [3.05, 3.63) is 0 Å². The van der Waals surface area contributed by atoms with Crippen molar-refractivity contribution < 1.29 is 4.74 Å². The quantitative estimate of drug-likeness (QED) is 0.552. The lowest BCUT2D eigenvalue weighted by atomic mass is 9.82. The van der Waals surface area contributed by atoms with Gasteiger partial charge in [-0.1, -0.05) is 0 Å². The van der Waals surface area contributed by atoms with Crippen LogP contribution in [0.5, 0.6) is 0 Å². The molecular formula is C10H14N2O. The molecule has 3 heterocycles. The first-order valence-corrected chi connectivity index (χ1v) is 5.13. The molecule has 2 bridgehead atoms. The molecule has 3 nitrogen and oxygen atoms in total. The minimum atomic E-state index is 0.527. The highest BCUT2D eigenvalue weighted by Gasteiger charge is 2.52. The first-order valence-electron chi connectivity index (χ1n) is 5.13. The Morgan fingerprint density at radius 2 is 1.85 bits per heavy atom. The van der Waals surface area contributed by atoms with Crippen LogP contribution in [0.3, 0.4) is 0 Å². The van der Waals surface area contributed by atoms with Crippen LogP contribution < -0.4 is 0 Å². The Bertz CT molecular complexity index is 242. The fourth-order valence-electron chi connectivity index (χ4n) is 3.28. The Morgan fingerprint density at radius 1 is 1.23 bits per heavy atom. The molecule has 0 aromatic rings. The Hall–Kier alpha value is -0.590. The van der Waals surface area contributed by atoms with E-state index in [1.54, 1.807) is 0 Å². The Balaban J connectivity index is 1.73. The van der Waals surface area contributed by atoms with E-state index < -0.39 is 0 Å². The number of hydrogen-bond donors (Lipinski definition) is 0. The number of fused-ring (bicyclic) bond motifs is 5. The van der Waals surface area contributed by atoms with Crippen LogP contribution in [0, 0.1) is 23.2 Å². The van der Waals surface area contributed by atoms with Crippen molar-refractivity contribution in [2.75, 3.05) is 19.6 Å². The Kier molecular flexibility index (Phi) is 1.61. The third kappa shape index (κ3) is 1.02. The van der Waals surface area contributed by atoms with Gasteiger partial charge in [0.1, 0.15) is 0 Å². The summed E-state index contributed by atoms with van der Waals surface area (Å²) in [6.07, 6.45) is 3.57.